The van der Waals surface area contributed by atoms with Crippen molar-refractivity contribution in [2.75, 3.05) is 6.54 Å². The molecule has 7 heteroatoms. The number of rotatable bonds is 6. The summed E-state index contributed by atoms with van der Waals surface area (Å²) in [4.78, 5) is 28.1. The molecule has 1 heterocycles. The van der Waals surface area contributed by atoms with Crippen LogP contribution in [0.5, 0.6) is 5.75 Å². The Labute approximate surface area is 154 Å². The second kappa shape index (κ2) is 7.79. The minimum Gasteiger partial charge on any atom is -0.508 e. The maximum atomic E-state index is 12.2. The van der Waals surface area contributed by atoms with Crippen LogP contribution in [0.25, 0.3) is 10.6 Å². The summed E-state index contributed by atoms with van der Waals surface area (Å²) in [6.07, 6.45) is 2.21. The first-order chi connectivity index (χ1) is 12.5. The van der Waals surface area contributed by atoms with Crippen molar-refractivity contribution in [1.29, 1.82) is 0 Å². The first-order valence-corrected chi connectivity index (χ1v) is 8.77. The number of carbonyl (C=O) groups excluding carboxylic acids is 2. The molecule has 2 aromatic carbocycles. The molecular formula is C19H17N3O3S. The lowest BCUT2D eigenvalue weighted by Crippen LogP contribution is -2.24. The van der Waals surface area contributed by atoms with Crippen molar-refractivity contribution in [2.45, 2.75) is 6.42 Å². The molecule has 132 valence electrons. The second-order valence-electron chi connectivity index (χ2n) is 5.64. The van der Waals surface area contributed by atoms with Crippen molar-refractivity contribution >= 4 is 23.2 Å². The number of phenols is 1. The maximum Gasteiger partial charge on any atom is 0.263 e. The molecule has 0 atom stereocenters. The van der Waals surface area contributed by atoms with Crippen LogP contribution in [0.1, 0.15) is 25.6 Å². The van der Waals surface area contributed by atoms with Crippen LogP contribution in [-0.4, -0.2) is 28.4 Å². The van der Waals surface area contributed by atoms with Gasteiger partial charge in [-0.1, -0.05) is 24.3 Å². The SMILES string of the molecule is NC(=O)c1ccc(-c2ncc(C(=O)NCCc3ccc(O)cc3)s2)cc1. The number of nitrogens with one attached hydrogen (secondary N) is 1. The molecule has 0 bridgehead atoms. The van der Waals surface area contributed by atoms with Crippen molar-refractivity contribution < 1.29 is 14.7 Å². The van der Waals surface area contributed by atoms with Crippen molar-refractivity contribution in [1.82, 2.24) is 10.3 Å². The summed E-state index contributed by atoms with van der Waals surface area (Å²) in [6.45, 7) is 0.490. The zero-order chi connectivity index (χ0) is 18.5. The summed E-state index contributed by atoms with van der Waals surface area (Å²) in [6, 6.07) is 13.7. The molecule has 0 saturated carbocycles. The Kier molecular flexibility index (Phi) is 5.28. The van der Waals surface area contributed by atoms with Gasteiger partial charge in [-0.3, -0.25) is 9.59 Å². The smallest absolute Gasteiger partial charge is 0.263 e. The standard InChI is InChI=1S/C19H17N3O3S/c20-17(24)13-3-5-14(6-4-13)19-22-11-16(26-19)18(25)21-10-9-12-1-7-15(23)8-2-12/h1-8,11,23H,9-10H2,(H2,20,24)(H,21,25). The number of benzene rings is 2. The van der Waals surface area contributed by atoms with Gasteiger partial charge in [-0.05, 0) is 36.2 Å². The van der Waals surface area contributed by atoms with E-state index in [0.29, 0.717) is 28.4 Å². The van der Waals surface area contributed by atoms with E-state index in [1.54, 1.807) is 36.4 Å². The van der Waals surface area contributed by atoms with Crippen LogP contribution in [0.15, 0.2) is 54.7 Å². The van der Waals surface area contributed by atoms with Crippen molar-refractivity contribution in [3.8, 4) is 16.3 Å². The topological polar surface area (TPSA) is 105 Å². The van der Waals surface area contributed by atoms with E-state index in [9.17, 15) is 14.7 Å². The molecule has 0 spiro atoms. The minimum absolute atomic E-state index is 0.179. The molecule has 1 aromatic heterocycles. The fourth-order valence-corrected chi connectivity index (χ4v) is 3.20. The molecule has 3 aromatic rings. The molecule has 0 saturated heterocycles. The summed E-state index contributed by atoms with van der Waals surface area (Å²) in [7, 11) is 0. The number of hydrogen-bond acceptors (Lipinski definition) is 5. The van der Waals surface area contributed by atoms with Crippen molar-refractivity contribution in [3.63, 3.8) is 0 Å². The Morgan fingerprint density at radius 2 is 1.77 bits per heavy atom. The molecule has 0 radical (unpaired) electrons. The monoisotopic (exact) mass is 367 g/mol. The third-order valence-corrected chi connectivity index (χ3v) is 4.83. The van der Waals surface area contributed by atoms with E-state index < -0.39 is 5.91 Å². The lowest BCUT2D eigenvalue weighted by Gasteiger charge is -2.04. The average molecular weight is 367 g/mol. The normalized spacial score (nSPS) is 10.5. The van der Waals surface area contributed by atoms with Crippen LogP contribution < -0.4 is 11.1 Å². The number of nitrogens with two attached hydrogens (primary N) is 1. The number of carbonyl (C=O) groups is 2. The molecule has 0 fully saturated rings. The lowest BCUT2D eigenvalue weighted by atomic mass is 10.1. The molecule has 2 amide bonds. The van der Waals surface area contributed by atoms with Crippen LogP contribution in [0, 0.1) is 0 Å². The first-order valence-electron chi connectivity index (χ1n) is 7.95. The van der Waals surface area contributed by atoms with Gasteiger partial charge >= 0.3 is 0 Å². The quantitative estimate of drug-likeness (QED) is 0.623. The third-order valence-electron chi connectivity index (χ3n) is 3.78. The number of hydrogen-bond donors (Lipinski definition) is 3. The van der Waals surface area contributed by atoms with Crippen LogP contribution >= 0.6 is 11.3 Å². The Bertz CT molecular complexity index is 918. The zero-order valence-corrected chi connectivity index (χ0v) is 14.6. The highest BCUT2D eigenvalue weighted by Gasteiger charge is 2.12. The van der Waals surface area contributed by atoms with Crippen molar-refractivity contribution in [3.05, 3.63) is 70.7 Å². The lowest BCUT2D eigenvalue weighted by molar-refractivity contribution is 0.0956. The van der Waals surface area contributed by atoms with E-state index in [4.69, 9.17) is 5.73 Å². The number of amides is 2. The molecule has 0 unspecified atom stereocenters. The van der Waals surface area contributed by atoms with E-state index in [2.05, 4.69) is 10.3 Å². The number of primary amides is 1. The van der Waals surface area contributed by atoms with Gasteiger partial charge in [0.05, 0.1) is 6.20 Å². The van der Waals surface area contributed by atoms with E-state index in [0.717, 1.165) is 11.1 Å². The molecule has 6 nitrogen and oxygen atoms in total. The van der Waals surface area contributed by atoms with Gasteiger partial charge in [0.2, 0.25) is 5.91 Å². The molecule has 26 heavy (non-hydrogen) atoms. The summed E-state index contributed by atoms with van der Waals surface area (Å²) < 4.78 is 0. The number of aromatic nitrogens is 1. The third kappa shape index (κ3) is 4.25. The van der Waals surface area contributed by atoms with Gasteiger partial charge < -0.3 is 16.2 Å². The molecule has 4 N–H and O–H groups in total. The molecule has 0 aliphatic rings. The number of phenolic OH excluding ortho intramolecular Hbond substituents is 1. The van der Waals surface area contributed by atoms with Crippen LogP contribution in [0.4, 0.5) is 0 Å². The number of thiazole rings is 1. The van der Waals surface area contributed by atoms with Gasteiger partial charge in [-0.2, -0.15) is 0 Å². The Morgan fingerprint density at radius 1 is 1.08 bits per heavy atom. The van der Waals surface area contributed by atoms with Gasteiger partial charge in [0, 0.05) is 17.7 Å². The average Bonchev–Trinajstić information content (AvgIpc) is 3.13. The van der Waals surface area contributed by atoms with E-state index in [1.165, 1.54) is 17.5 Å². The van der Waals surface area contributed by atoms with E-state index in [1.807, 2.05) is 12.1 Å². The maximum absolute atomic E-state index is 12.2. The zero-order valence-electron chi connectivity index (χ0n) is 13.8. The summed E-state index contributed by atoms with van der Waals surface area (Å²) in [5.41, 5.74) is 7.51. The fraction of sp³-hybridized carbons (Fsp3) is 0.105. The van der Waals surface area contributed by atoms with E-state index >= 15 is 0 Å². The Balaban J connectivity index is 1.59. The first kappa shape index (κ1) is 17.6. The van der Waals surface area contributed by atoms with Gasteiger partial charge in [0.25, 0.3) is 5.91 Å². The van der Waals surface area contributed by atoms with Gasteiger partial charge in [-0.15, -0.1) is 11.3 Å². The van der Waals surface area contributed by atoms with Crippen LogP contribution in [0.3, 0.4) is 0 Å². The van der Waals surface area contributed by atoms with Gasteiger partial charge in [-0.25, -0.2) is 4.98 Å². The summed E-state index contributed by atoms with van der Waals surface area (Å²) in [5, 5.41) is 12.8. The molecular weight excluding hydrogens is 350 g/mol. The summed E-state index contributed by atoms with van der Waals surface area (Å²) >= 11 is 1.28. The largest absolute Gasteiger partial charge is 0.508 e. The highest BCUT2D eigenvalue weighted by molar-refractivity contribution is 7.16. The molecule has 0 aliphatic carbocycles. The van der Waals surface area contributed by atoms with Gasteiger partial charge in [0.1, 0.15) is 15.6 Å². The van der Waals surface area contributed by atoms with Gasteiger partial charge in [0.15, 0.2) is 0 Å². The Morgan fingerprint density at radius 3 is 2.42 bits per heavy atom. The highest BCUT2D eigenvalue weighted by atomic mass is 32.1. The number of aromatic hydroxyl groups is 1. The predicted octanol–water partition coefficient (Wildman–Crippen LogP) is 2.59. The molecule has 0 aliphatic heterocycles. The Hall–Kier alpha value is -3.19. The number of nitrogens with zero attached hydrogens (tertiary/aromatic N) is 1. The summed E-state index contributed by atoms with van der Waals surface area (Å²) in [5.74, 6) is -0.440. The van der Waals surface area contributed by atoms with Crippen LogP contribution in [0.2, 0.25) is 0 Å². The van der Waals surface area contributed by atoms with E-state index in [-0.39, 0.29) is 11.7 Å². The second-order valence-corrected chi connectivity index (χ2v) is 6.67. The molecule has 3 rings (SSSR count). The van der Waals surface area contributed by atoms with Crippen molar-refractivity contribution in [2.24, 2.45) is 5.73 Å². The fourth-order valence-electron chi connectivity index (χ4n) is 2.36. The van der Waals surface area contributed by atoms with Crippen LogP contribution in [-0.2, 0) is 6.42 Å². The highest BCUT2D eigenvalue weighted by Crippen LogP contribution is 2.25. The predicted molar refractivity (Wildman–Crippen MR) is 100 cm³/mol. The minimum atomic E-state index is -0.482.